The standard InChI is InChI=1S/C17H21N3O3/c1-22-11-13-9-15(23-2)10-20(13)16-6-7-18-17(19-16)12-4-3-5-14(21)8-12/h3-8,13,15,21H,9-11H2,1-2H3/t13-,15-/m0/s1. The van der Waals surface area contributed by atoms with Gasteiger partial charge in [-0.2, -0.15) is 0 Å². The van der Waals surface area contributed by atoms with Crippen LogP contribution < -0.4 is 4.90 Å². The number of ether oxygens (including phenoxy) is 2. The summed E-state index contributed by atoms with van der Waals surface area (Å²) in [5.41, 5.74) is 0.789. The Morgan fingerprint density at radius 3 is 2.91 bits per heavy atom. The predicted octanol–water partition coefficient (Wildman–Crippen LogP) is 2.09. The fourth-order valence-electron chi connectivity index (χ4n) is 2.97. The first-order valence-electron chi connectivity index (χ1n) is 7.62. The van der Waals surface area contributed by atoms with Gasteiger partial charge in [-0.25, -0.2) is 9.97 Å². The summed E-state index contributed by atoms with van der Waals surface area (Å²) in [7, 11) is 3.44. The molecule has 1 aromatic heterocycles. The lowest BCUT2D eigenvalue weighted by molar-refractivity contribution is 0.111. The van der Waals surface area contributed by atoms with Crippen molar-refractivity contribution in [3.05, 3.63) is 36.5 Å². The molecule has 1 fully saturated rings. The molecule has 0 amide bonds. The average Bonchev–Trinajstić information content (AvgIpc) is 2.98. The van der Waals surface area contributed by atoms with Gasteiger partial charge in [0.15, 0.2) is 5.82 Å². The number of phenolic OH excluding ortho intramolecular Hbond substituents is 1. The van der Waals surface area contributed by atoms with E-state index in [2.05, 4.69) is 14.9 Å². The van der Waals surface area contributed by atoms with Gasteiger partial charge in [0.25, 0.3) is 0 Å². The predicted molar refractivity (Wildman–Crippen MR) is 87.6 cm³/mol. The summed E-state index contributed by atoms with van der Waals surface area (Å²) < 4.78 is 10.8. The molecule has 2 atom stereocenters. The normalized spacial score (nSPS) is 20.9. The second kappa shape index (κ2) is 6.93. The Morgan fingerprint density at radius 2 is 2.17 bits per heavy atom. The third-order valence-electron chi connectivity index (χ3n) is 4.11. The molecule has 1 aliphatic heterocycles. The molecule has 1 aliphatic rings. The number of rotatable bonds is 5. The maximum absolute atomic E-state index is 9.63. The van der Waals surface area contributed by atoms with E-state index in [1.165, 1.54) is 0 Å². The van der Waals surface area contributed by atoms with Crippen molar-refractivity contribution in [3.63, 3.8) is 0 Å². The molecule has 0 spiro atoms. The van der Waals surface area contributed by atoms with Crippen molar-refractivity contribution in [2.75, 3.05) is 32.3 Å². The Kier molecular flexibility index (Phi) is 4.73. The smallest absolute Gasteiger partial charge is 0.161 e. The number of phenols is 1. The van der Waals surface area contributed by atoms with Gasteiger partial charge >= 0.3 is 0 Å². The first-order chi connectivity index (χ1) is 11.2. The molecule has 122 valence electrons. The Labute approximate surface area is 135 Å². The monoisotopic (exact) mass is 315 g/mol. The molecule has 1 saturated heterocycles. The molecule has 0 unspecified atom stereocenters. The minimum absolute atomic E-state index is 0.175. The van der Waals surface area contributed by atoms with E-state index in [9.17, 15) is 5.11 Å². The average molecular weight is 315 g/mol. The second-order valence-corrected chi connectivity index (χ2v) is 5.64. The number of methoxy groups -OCH3 is 2. The zero-order valence-corrected chi connectivity index (χ0v) is 13.3. The largest absolute Gasteiger partial charge is 0.508 e. The number of hydrogen-bond acceptors (Lipinski definition) is 6. The molecule has 1 aromatic carbocycles. The molecule has 2 aromatic rings. The molecule has 0 radical (unpaired) electrons. The molecular formula is C17H21N3O3. The number of nitrogens with zero attached hydrogens (tertiary/aromatic N) is 3. The first-order valence-corrected chi connectivity index (χ1v) is 7.62. The van der Waals surface area contributed by atoms with Crippen LogP contribution in [0.2, 0.25) is 0 Å². The number of hydrogen-bond donors (Lipinski definition) is 1. The molecule has 6 heteroatoms. The number of aromatic nitrogens is 2. The first kappa shape index (κ1) is 15.7. The second-order valence-electron chi connectivity index (χ2n) is 5.64. The molecule has 0 aliphatic carbocycles. The summed E-state index contributed by atoms with van der Waals surface area (Å²) in [4.78, 5) is 11.2. The minimum atomic E-state index is 0.175. The van der Waals surface area contributed by atoms with Crippen molar-refractivity contribution in [3.8, 4) is 17.1 Å². The summed E-state index contributed by atoms with van der Waals surface area (Å²) in [5.74, 6) is 1.64. The van der Waals surface area contributed by atoms with Crippen LogP contribution in [0.15, 0.2) is 36.5 Å². The van der Waals surface area contributed by atoms with Gasteiger partial charge in [-0.15, -0.1) is 0 Å². The van der Waals surface area contributed by atoms with Gasteiger partial charge in [0.05, 0.1) is 18.8 Å². The van der Waals surface area contributed by atoms with Gasteiger partial charge < -0.3 is 19.5 Å². The van der Waals surface area contributed by atoms with Gasteiger partial charge in [-0.05, 0) is 24.6 Å². The van der Waals surface area contributed by atoms with Crippen LogP contribution in [0.3, 0.4) is 0 Å². The summed E-state index contributed by atoms with van der Waals surface area (Å²) in [6.07, 6.45) is 2.83. The van der Waals surface area contributed by atoms with Crippen LogP contribution in [0.1, 0.15) is 6.42 Å². The zero-order valence-electron chi connectivity index (χ0n) is 13.3. The Hall–Kier alpha value is -2.18. The van der Waals surface area contributed by atoms with E-state index in [-0.39, 0.29) is 17.9 Å². The van der Waals surface area contributed by atoms with Crippen LogP contribution >= 0.6 is 0 Å². The van der Waals surface area contributed by atoms with Crippen LogP contribution in [0.25, 0.3) is 11.4 Å². The Balaban J connectivity index is 1.89. The zero-order chi connectivity index (χ0) is 16.2. The third-order valence-corrected chi connectivity index (χ3v) is 4.11. The van der Waals surface area contributed by atoms with Crippen LogP contribution in [0.5, 0.6) is 5.75 Å². The van der Waals surface area contributed by atoms with E-state index in [1.807, 2.05) is 12.1 Å². The highest BCUT2D eigenvalue weighted by molar-refractivity contribution is 5.59. The van der Waals surface area contributed by atoms with Crippen LogP contribution in [-0.4, -0.2) is 54.6 Å². The maximum atomic E-state index is 9.63. The fourth-order valence-corrected chi connectivity index (χ4v) is 2.97. The highest BCUT2D eigenvalue weighted by Crippen LogP contribution is 2.27. The summed E-state index contributed by atoms with van der Waals surface area (Å²) in [6.45, 7) is 1.41. The van der Waals surface area contributed by atoms with E-state index < -0.39 is 0 Å². The van der Waals surface area contributed by atoms with Crippen LogP contribution in [0, 0.1) is 0 Å². The summed E-state index contributed by atoms with van der Waals surface area (Å²) in [5, 5.41) is 9.63. The van der Waals surface area contributed by atoms with E-state index in [0.29, 0.717) is 12.4 Å². The maximum Gasteiger partial charge on any atom is 0.161 e. The van der Waals surface area contributed by atoms with Crippen molar-refractivity contribution in [2.45, 2.75) is 18.6 Å². The molecule has 2 heterocycles. The molecule has 0 saturated carbocycles. The van der Waals surface area contributed by atoms with Crippen molar-refractivity contribution in [1.82, 2.24) is 9.97 Å². The molecule has 1 N–H and O–H groups in total. The molecule has 0 bridgehead atoms. The topological polar surface area (TPSA) is 67.7 Å². The van der Waals surface area contributed by atoms with E-state index in [1.54, 1.807) is 38.6 Å². The van der Waals surface area contributed by atoms with E-state index >= 15 is 0 Å². The van der Waals surface area contributed by atoms with Gasteiger partial charge in [-0.1, -0.05) is 12.1 Å². The molecule has 23 heavy (non-hydrogen) atoms. The van der Waals surface area contributed by atoms with Gasteiger partial charge in [0.2, 0.25) is 0 Å². The Bertz CT molecular complexity index is 665. The van der Waals surface area contributed by atoms with Gasteiger partial charge in [0, 0.05) is 32.5 Å². The molecule has 3 rings (SSSR count). The molecule has 6 nitrogen and oxygen atoms in total. The van der Waals surface area contributed by atoms with E-state index in [0.717, 1.165) is 24.3 Å². The SMILES string of the molecule is COC[C@@H]1C[C@H](OC)CN1c1ccnc(-c2cccc(O)c2)n1. The van der Waals surface area contributed by atoms with Crippen LogP contribution in [-0.2, 0) is 9.47 Å². The van der Waals surface area contributed by atoms with Gasteiger partial charge in [-0.3, -0.25) is 0 Å². The van der Waals surface area contributed by atoms with Gasteiger partial charge in [0.1, 0.15) is 11.6 Å². The minimum Gasteiger partial charge on any atom is -0.508 e. The highest BCUT2D eigenvalue weighted by atomic mass is 16.5. The van der Waals surface area contributed by atoms with Crippen molar-refractivity contribution in [1.29, 1.82) is 0 Å². The lowest BCUT2D eigenvalue weighted by atomic mass is 10.2. The van der Waals surface area contributed by atoms with Crippen molar-refractivity contribution < 1.29 is 14.6 Å². The lowest BCUT2D eigenvalue weighted by Gasteiger charge is -2.25. The number of benzene rings is 1. The Morgan fingerprint density at radius 1 is 1.30 bits per heavy atom. The third kappa shape index (κ3) is 3.43. The highest BCUT2D eigenvalue weighted by Gasteiger charge is 2.33. The summed E-state index contributed by atoms with van der Waals surface area (Å²) >= 11 is 0. The summed E-state index contributed by atoms with van der Waals surface area (Å²) in [6, 6.07) is 9.09. The lowest BCUT2D eigenvalue weighted by Crippen LogP contribution is -2.33. The number of aromatic hydroxyl groups is 1. The molecular weight excluding hydrogens is 294 g/mol. The van der Waals surface area contributed by atoms with Crippen molar-refractivity contribution in [2.24, 2.45) is 0 Å². The quantitative estimate of drug-likeness (QED) is 0.911. The van der Waals surface area contributed by atoms with Crippen LogP contribution in [0.4, 0.5) is 5.82 Å². The van der Waals surface area contributed by atoms with E-state index in [4.69, 9.17) is 9.47 Å². The van der Waals surface area contributed by atoms with Crippen molar-refractivity contribution >= 4 is 5.82 Å². The number of anilines is 1. The fraction of sp³-hybridized carbons (Fsp3) is 0.412.